The monoisotopic (exact) mass is 269 g/mol. The zero-order valence-electron chi connectivity index (χ0n) is 11.4. The van der Waals surface area contributed by atoms with Crippen molar-refractivity contribution in [3.05, 3.63) is 36.0 Å². The number of aromatic amines is 1. The van der Waals surface area contributed by atoms with Crippen LogP contribution >= 0.6 is 0 Å². The van der Waals surface area contributed by atoms with Gasteiger partial charge in [-0.05, 0) is 37.4 Å². The van der Waals surface area contributed by atoms with Gasteiger partial charge in [0.25, 0.3) is 5.91 Å². The zero-order chi connectivity index (χ0) is 13.5. The molecule has 2 aliphatic heterocycles. The maximum absolute atomic E-state index is 12.8. The van der Waals surface area contributed by atoms with Crippen LogP contribution in [0.5, 0.6) is 0 Å². The van der Waals surface area contributed by atoms with Crippen LogP contribution in [-0.2, 0) is 0 Å². The Bertz CT molecular complexity index is 636. The molecule has 0 unspecified atom stereocenters. The number of piperidine rings is 2. The lowest BCUT2D eigenvalue weighted by Gasteiger charge is -2.41. The lowest BCUT2D eigenvalue weighted by molar-refractivity contribution is 0.0539. The van der Waals surface area contributed by atoms with Crippen molar-refractivity contribution in [2.24, 2.45) is 11.8 Å². The lowest BCUT2D eigenvalue weighted by Crippen LogP contribution is -2.52. The Kier molecular flexibility index (Phi) is 2.77. The molecule has 2 aliphatic rings. The quantitative estimate of drug-likeness (QED) is 0.830. The fourth-order valence-corrected chi connectivity index (χ4v) is 3.69. The topological polar surface area (TPSA) is 48.1 Å². The van der Waals surface area contributed by atoms with Crippen molar-refractivity contribution in [2.75, 3.05) is 26.2 Å². The minimum absolute atomic E-state index is 0.180. The molecule has 4 heteroatoms. The van der Waals surface area contributed by atoms with Gasteiger partial charge in [-0.3, -0.25) is 4.79 Å². The summed E-state index contributed by atoms with van der Waals surface area (Å²) in [5, 5.41) is 4.50. The zero-order valence-corrected chi connectivity index (χ0v) is 11.4. The van der Waals surface area contributed by atoms with Gasteiger partial charge in [-0.15, -0.1) is 0 Å². The molecule has 20 heavy (non-hydrogen) atoms. The second kappa shape index (κ2) is 4.63. The Morgan fingerprint density at radius 1 is 1.15 bits per heavy atom. The third-order valence-electron chi connectivity index (χ3n) is 4.60. The number of fused-ring (bicyclic) bond motifs is 3. The number of H-pyrrole nitrogens is 1. The summed E-state index contributed by atoms with van der Waals surface area (Å²) in [7, 11) is 0. The number of amides is 1. The molecule has 4 nitrogen and oxygen atoms in total. The molecule has 0 radical (unpaired) electrons. The van der Waals surface area contributed by atoms with Crippen LogP contribution in [0.1, 0.15) is 16.8 Å². The van der Waals surface area contributed by atoms with Gasteiger partial charge in [0.1, 0.15) is 0 Å². The van der Waals surface area contributed by atoms with Crippen molar-refractivity contribution in [1.29, 1.82) is 0 Å². The number of nitrogens with zero attached hydrogens (tertiary/aromatic N) is 1. The number of aromatic nitrogens is 1. The van der Waals surface area contributed by atoms with Gasteiger partial charge in [0, 0.05) is 30.2 Å². The predicted molar refractivity (Wildman–Crippen MR) is 78.7 cm³/mol. The number of nitrogens with one attached hydrogen (secondary N) is 2. The number of para-hydroxylation sites is 1. The molecule has 1 amide bonds. The SMILES string of the molecule is O=C(c1c[nH]c2ccccc12)N1C[C@@H]2CNC[C@@H](C2)C1. The van der Waals surface area contributed by atoms with Crippen LogP contribution in [0.3, 0.4) is 0 Å². The van der Waals surface area contributed by atoms with Gasteiger partial charge in [-0.2, -0.15) is 0 Å². The first-order valence-corrected chi connectivity index (χ1v) is 7.37. The molecule has 3 heterocycles. The molecule has 2 atom stereocenters. The van der Waals surface area contributed by atoms with Crippen LogP contribution in [0.15, 0.2) is 30.5 Å². The molecule has 2 bridgehead atoms. The number of likely N-dealkylation sites (tertiary alicyclic amines) is 1. The van der Waals surface area contributed by atoms with Gasteiger partial charge in [0.2, 0.25) is 0 Å². The van der Waals surface area contributed by atoms with Crippen LogP contribution < -0.4 is 5.32 Å². The maximum Gasteiger partial charge on any atom is 0.256 e. The average Bonchev–Trinajstić information content (AvgIpc) is 2.90. The Labute approximate surface area is 118 Å². The summed E-state index contributed by atoms with van der Waals surface area (Å²) in [6, 6.07) is 8.01. The highest BCUT2D eigenvalue weighted by atomic mass is 16.2. The Morgan fingerprint density at radius 3 is 2.70 bits per heavy atom. The third-order valence-corrected chi connectivity index (χ3v) is 4.60. The van der Waals surface area contributed by atoms with Crippen LogP contribution in [-0.4, -0.2) is 42.0 Å². The van der Waals surface area contributed by atoms with Crippen molar-refractivity contribution in [3.63, 3.8) is 0 Å². The number of rotatable bonds is 1. The van der Waals surface area contributed by atoms with E-state index < -0.39 is 0 Å². The highest BCUT2D eigenvalue weighted by molar-refractivity contribution is 6.06. The Balaban J connectivity index is 1.63. The average molecular weight is 269 g/mol. The lowest BCUT2D eigenvalue weighted by atomic mass is 9.85. The smallest absolute Gasteiger partial charge is 0.256 e. The molecule has 2 fully saturated rings. The number of carbonyl (C=O) groups is 1. The molecule has 2 saturated heterocycles. The van der Waals surface area contributed by atoms with Crippen LogP contribution in [0.2, 0.25) is 0 Å². The minimum atomic E-state index is 0.180. The number of benzene rings is 1. The molecule has 104 valence electrons. The van der Waals surface area contributed by atoms with Crippen LogP contribution in [0, 0.1) is 11.8 Å². The van der Waals surface area contributed by atoms with E-state index in [1.165, 1.54) is 6.42 Å². The summed E-state index contributed by atoms with van der Waals surface area (Å²) in [6.07, 6.45) is 3.13. The maximum atomic E-state index is 12.8. The van der Waals surface area contributed by atoms with Crippen molar-refractivity contribution in [3.8, 4) is 0 Å². The highest BCUT2D eigenvalue weighted by Gasteiger charge is 2.33. The highest BCUT2D eigenvalue weighted by Crippen LogP contribution is 2.27. The molecule has 2 aromatic rings. The number of carbonyl (C=O) groups excluding carboxylic acids is 1. The van der Waals surface area contributed by atoms with E-state index in [2.05, 4.69) is 15.2 Å². The molecule has 0 aliphatic carbocycles. The molecule has 1 aromatic carbocycles. The Morgan fingerprint density at radius 2 is 1.90 bits per heavy atom. The van der Waals surface area contributed by atoms with Gasteiger partial charge in [-0.25, -0.2) is 0 Å². The van der Waals surface area contributed by atoms with E-state index in [4.69, 9.17) is 0 Å². The summed E-state index contributed by atoms with van der Waals surface area (Å²) >= 11 is 0. The van der Waals surface area contributed by atoms with Gasteiger partial charge in [0.05, 0.1) is 5.56 Å². The van der Waals surface area contributed by atoms with E-state index in [9.17, 15) is 4.79 Å². The summed E-state index contributed by atoms with van der Waals surface area (Å²) in [5.41, 5.74) is 1.85. The van der Waals surface area contributed by atoms with Crippen LogP contribution in [0.25, 0.3) is 10.9 Å². The molecule has 0 spiro atoms. The van der Waals surface area contributed by atoms with E-state index in [0.29, 0.717) is 11.8 Å². The summed E-state index contributed by atoms with van der Waals surface area (Å²) in [4.78, 5) is 18.0. The summed E-state index contributed by atoms with van der Waals surface area (Å²) < 4.78 is 0. The molecular weight excluding hydrogens is 250 g/mol. The standard InChI is InChI=1S/C16H19N3O/c20-16(14-8-18-15-4-2-1-3-13(14)15)19-9-11-5-12(10-19)7-17-6-11/h1-4,8,11-12,17-18H,5-7,9-10H2/t11-,12+. The van der Waals surface area contributed by atoms with Crippen LogP contribution in [0.4, 0.5) is 0 Å². The second-order valence-electron chi connectivity index (χ2n) is 6.08. The van der Waals surface area contributed by atoms with Gasteiger partial charge >= 0.3 is 0 Å². The van der Waals surface area contributed by atoms with E-state index in [0.717, 1.165) is 42.6 Å². The minimum Gasteiger partial charge on any atom is -0.360 e. The van der Waals surface area contributed by atoms with Crippen molar-refractivity contribution in [1.82, 2.24) is 15.2 Å². The second-order valence-corrected chi connectivity index (χ2v) is 6.08. The van der Waals surface area contributed by atoms with E-state index in [-0.39, 0.29) is 5.91 Å². The van der Waals surface area contributed by atoms with Crippen molar-refractivity contribution < 1.29 is 4.79 Å². The number of hydrogen-bond acceptors (Lipinski definition) is 2. The van der Waals surface area contributed by atoms with Gasteiger partial charge in [-0.1, -0.05) is 18.2 Å². The third kappa shape index (κ3) is 1.91. The fourth-order valence-electron chi connectivity index (χ4n) is 3.69. The first-order valence-electron chi connectivity index (χ1n) is 7.37. The van der Waals surface area contributed by atoms with Crippen molar-refractivity contribution in [2.45, 2.75) is 6.42 Å². The predicted octanol–water partition coefficient (Wildman–Crippen LogP) is 1.85. The van der Waals surface area contributed by atoms with E-state index >= 15 is 0 Å². The van der Waals surface area contributed by atoms with E-state index in [1.54, 1.807) is 0 Å². The Hall–Kier alpha value is -1.81. The number of hydrogen-bond donors (Lipinski definition) is 2. The molecular formula is C16H19N3O. The summed E-state index contributed by atoms with van der Waals surface area (Å²) in [5.74, 6) is 1.42. The first-order chi connectivity index (χ1) is 9.81. The summed E-state index contributed by atoms with van der Waals surface area (Å²) in [6.45, 7) is 3.88. The first kappa shape index (κ1) is 12.0. The molecule has 4 rings (SSSR count). The van der Waals surface area contributed by atoms with Crippen molar-refractivity contribution >= 4 is 16.8 Å². The molecule has 1 aromatic heterocycles. The normalized spacial score (nSPS) is 25.9. The molecule has 2 N–H and O–H groups in total. The largest absolute Gasteiger partial charge is 0.360 e. The van der Waals surface area contributed by atoms with Gasteiger partial charge < -0.3 is 15.2 Å². The van der Waals surface area contributed by atoms with E-state index in [1.807, 2.05) is 30.5 Å². The fraction of sp³-hybridized carbons (Fsp3) is 0.438. The molecule has 0 saturated carbocycles. The van der Waals surface area contributed by atoms with Gasteiger partial charge in [0.15, 0.2) is 0 Å².